The Bertz CT molecular complexity index is 490. The number of benzene rings is 1. The molecule has 18 heavy (non-hydrogen) atoms. The van der Waals surface area contributed by atoms with E-state index < -0.39 is 0 Å². The molecule has 1 aromatic rings. The lowest BCUT2D eigenvalue weighted by atomic mass is 10.0. The van der Waals surface area contributed by atoms with Gasteiger partial charge in [-0.05, 0) is 39.0 Å². The van der Waals surface area contributed by atoms with E-state index in [1.54, 1.807) is 12.1 Å². The summed E-state index contributed by atoms with van der Waals surface area (Å²) in [7, 11) is 0. The third-order valence-electron chi connectivity index (χ3n) is 3.07. The molecule has 1 heterocycles. The van der Waals surface area contributed by atoms with Crippen LogP contribution in [-0.4, -0.2) is 24.8 Å². The lowest BCUT2D eigenvalue weighted by molar-refractivity contribution is -0.0749. The van der Waals surface area contributed by atoms with Gasteiger partial charge in [0.05, 0.1) is 34.7 Å². The molecule has 1 aliphatic rings. The Hall–Kier alpha value is -1.73. The highest BCUT2D eigenvalue weighted by Crippen LogP contribution is 2.30. The van der Waals surface area contributed by atoms with E-state index in [-0.39, 0.29) is 11.7 Å². The SMILES string of the molecule is CC1CN(c2ccc(C#N)cc2N)CC(C)(C)O1. The summed E-state index contributed by atoms with van der Waals surface area (Å²) in [5.41, 5.74) is 8.08. The first-order chi connectivity index (χ1) is 8.41. The number of hydrogen-bond donors (Lipinski definition) is 1. The molecular formula is C14H19N3O. The Balaban J connectivity index is 2.29. The van der Waals surface area contributed by atoms with Crippen LogP contribution < -0.4 is 10.6 Å². The fourth-order valence-corrected chi connectivity index (χ4v) is 2.55. The van der Waals surface area contributed by atoms with Crippen LogP contribution in [-0.2, 0) is 4.74 Å². The third-order valence-corrected chi connectivity index (χ3v) is 3.07. The smallest absolute Gasteiger partial charge is 0.0992 e. The standard InChI is InChI=1S/C14H19N3O/c1-10-8-17(9-14(2,3)18-10)13-5-4-11(7-15)6-12(13)16/h4-6,10H,8-9,16H2,1-3H3. The van der Waals surface area contributed by atoms with Crippen molar-refractivity contribution in [2.24, 2.45) is 0 Å². The molecule has 0 saturated carbocycles. The van der Waals surface area contributed by atoms with Gasteiger partial charge in [0.15, 0.2) is 0 Å². The molecule has 2 N–H and O–H groups in total. The van der Waals surface area contributed by atoms with Gasteiger partial charge in [-0.15, -0.1) is 0 Å². The normalized spacial score (nSPS) is 22.6. The zero-order chi connectivity index (χ0) is 13.3. The van der Waals surface area contributed by atoms with Gasteiger partial charge in [-0.3, -0.25) is 0 Å². The van der Waals surface area contributed by atoms with Gasteiger partial charge in [-0.25, -0.2) is 0 Å². The molecule has 1 saturated heterocycles. The van der Waals surface area contributed by atoms with Crippen LogP contribution >= 0.6 is 0 Å². The Kier molecular flexibility index (Phi) is 3.18. The van der Waals surface area contributed by atoms with Crippen molar-refractivity contribution < 1.29 is 4.74 Å². The number of morpholine rings is 1. The van der Waals surface area contributed by atoms with E-state index in [4.69, 9.17) is 15.7 Å². The van der Waals surface area contributed by atoms with Crippen LogP contribution in [0.5, 0.6) is 0 Å². The minimum absolute atomic E-state index is 0.170. The van der Waals surface area contributed by atoms with Crippen LogP contribution in [0.2, 0.25) is 0 Å². The zero-order valence-electron chi connectivity index (χ0n) is 11.1. The number of rotatable bonds is 1. The molecule has 4 heteroatoms. The highest BCUT2D eigenvalue weighted by atomic mass is 16.5. The van der Waals surface area contributed by atoms with Crippen molar-refractivity contribution >= 4 is 11.4 Å². The number of nitrogen functional groups attached to an aromatic ring is 1. The molecule has 1 fully saturated rings. The number of anilines is 2. The summed E-state index contributed by atoms with van der Waals surface area (Å²) in [6.07, 6.45) is 0.170. The van der Waals surface area contributed by atoms with Crippen LogP contribution in [0.3, 0.4) is 0 Å². The molecule has 0 radical (unpaired) electrons. The lowest BCUT2D eigenvalue weighted by Crippen LogP contribution is -2.52. The fourth-order valence-electron chi connectivity index (χ4n) is 2.55. The van der Waals surface area contributed by atoms with Crippen LogP contribution in [0.4, 0.5) is 11.4 Å². The van der Waals surface area contributed by atoms with Crippen molar-refractivity contribution in [3.63, 3.8) is 0 Å². The minimum Gasteiger partial charge on any atom is -0.397 e. The topological polar surface area (TPSA) is 62.3 Å². The number of nitrogens with zero attached hydrogens (tertiary/aromatic N) is 2. The molecular weight excluding hydrogens is 226 g/mol. The molecule has 2 rings (SSSR count). The lowest BCUT2D eigenvalue weighted by Gasteiger charge is -2.43. The Labute approximate surface area is 108 Å². The second-order valence-electron chi connectivity index (χ2n) is 5.45. The fraction of sp³-hybridized carbons (Fsp3) is 0.500. The largest absolute Gasteiger partial charge is 0.397 e. The molecule has 1 aliphatic heterocycles. The molecule has 0 amide bonds. The Morgan fingerprint density at radius 2 is 2.22 bits per heavy atom. The number of ether oxygens (including phenoxy) is 1. The van der Waals surface area contributed by atoms with Gasteiger partial charge in [-0.2, -0.15) is 5.26 Å². The van der Waals surface area contributed by atoms with E-state index in [1.165, 1.54) is 0 Å². The maximum atomic E-state index is 8.85. The van der Waals surface area contributed by atoms with Gasteiger partial charge in [0.25, 0.3) is 0 Å². The second kappa shape index (κ2) is 4.51. The minimum atomic E-state index is -0.183. The first kappa shape index (κ1) is 12.7. The summed E-state index contributed by atoms with van der Waals surface area (Å²) in [6.45, 7) is 7.84. The summed E-state index contributed by atoms with van der Waals surface area (Å²) in [5, 5.41) is 8.85. The monoisotopic (exact) mass is 245 g/mol. The first-order valence-corrected chi connectivity index (χ1v) is 6.14. The molecule has 0 bridgehead atoms. The van der Waals surface area contributed by atoms with Crippen LogP contribution in [0.1, 0.15) is 26.3 Å². The quantitative estimate of drug-likeness (QED) is 0.770. The third kappa shape index (κ3) is 2.57. The average molecular weight is 245 g/mol. The number of nitrogens with two attached hydrogens (primary N) is 1. The highest BCUT2D eigenvalue weighted by molar-refractivity contribution is 5.69. The number of hydrogen-bond acceptors (Lipinski definition) is 4. The molecule has 0 aromatic heterocycles. The molecule has 0 spiro atoms. The van der Waals surface area contributed by atoms with Gasteiger partial charge < -0.3 is 15.4 Å². The van der Waals surface area contributed by atoms with Gasteiger partial charge in [0.2, 0.25) is 0 Å². The van der Waals surface area contributed by atoms with Crippen molar-refractivity contribution in [3.05, 3.63) is 23.8 Å². The summed E-state index contributed by atoms with van der Waals surface area (Å²) < 4.78 is 5.88. The van der Waals surface area contributed by atoms with E-state index in [9.17, 15) is 0 Å². The summed E-state index contributed by atoms with van der Waals surface area (Å²) in [4.78, 5) is 2.23. The molecule has 1 atom stereocenters. The summed E-state index contributed by atoms with van der Waals surface area (Å²) >= 11 is 0. The second-order valence-corrected chi connectivity index (χ2v) is 5.45. The molecule has 4 nitrogen and oxygen atoms in total. The molecule has 1 aromatic carbocycles. The summed E-state index contributed by atoms with van der Waals surface area (Å²) in [5.74, 6) is 0. The van der Waals surface area contributed by atoms with E-state index in [1.807, 2.05) is 6.07 Å². The van der Waals surface area contributed by atoms with E-state index in [0.29, 0.717) is 11.3 Å². The maximum Gasteiger partial charge on any atom is 0.0992 e. The predicted molar refractivity (Wildman–Crippen MR) is 72.4 cm³/mol. The average Bonchev–Trinajstić information content (AvgIpc) is 2.25. The Morgan fingerprint density at radius 1 is 1.50 bits per heavy atom. The summed E-state index contributed by atoms with van der Waals surface area (Å²) in [6, 6.07) is 7.55. The highest BCUT2D eigenvalue weighted by Gasteiger charge is 2.31. The van der Waals surface area contributed by atoms with Crippen molar-refractivity contribution in [2.45, 2.75) is 32.5 Å². The number of nitriles is 1. The van der Waals surface area contributed by atoms with Crippen molar-refractivity contribution in [1.82, 2.24) is 0 Å². The Morgan fingerprint density at radius 3 is 2.78 bits per heavy atom. The predicted octanol–water partition coefficient (Wildman–Crippen LogP) is 2.14. The van der Waals surface area contributed by atoms with Gasteiger partial charge in [0, 0.05) is 13.1 Å². The zero-order valence-corrected chi connectivity index (χ0v) is 11.1. The van der Waals surface area contributed by atoms with E-state index >= 15 is 0 Å². The van der Waals surface area contributed by atoms with Gasteiger partial charge >= 0.3 is 0 Å². The molecule has 0 aliphatic carbocycles. The van der Waals surface area contributed by atoms with Crippen molar-refractivity contribution in [3.8, 4) is 6.07 Å². The van der Waals surface area contributed by atoms with Crippen LogP contribution in [0.15, 0.2) is 18.2 Å². The first-order valence-electron chi connectivity index (χ1n) is 6.14. The van der Waals surface area contributed by atoms with Crippen molar-refractivity contribution in [1.29, 1.82) is 5.26 Å². The molecule has 1 unspecified atom stereocenters. The van der Waals surface area contributed by atoms with Crippen molar-refractivity contribution in [2.75, 3.05) is 23.7 Å². The van der Waals surface area contributed by atoms with E-state index in [0.717, 1.165) is 18.8 Å². The molecule has 96 valence electrons. The van der Waals surface area contributed by atoms with Crippen LogP contribution in [0.25, 0.3) is 0 Å². The van der Waals surface area contributed by atoms with Gasteiger partial charge in [0.1, 0.15) is 0 Å². The van der Waals surface area contributed by atoms with E-state index in [2.05, 4.69) is 31.7 Å². The maximum absolute atomic E-state index is 8.85. The van der Waals surface area contributed by atoms with Gasteiger partial charge in [-0.1, -0.05) is 0 Å². The van der Waals surface area contributed by atoms with Crippen LogP contribution in [0, 0.1) is 11.3 Å².